The monoisotopic (exact) mass is 306 g/mol. The molecule has 4 nitrogen and oxygen atoms in total. The Bertz CT molecular complexity index is 781. The van der Waals surface area contributed by atoms with Gasteiger partial charge in [0.25, 0.3) is 0 Å². The molecule has 2 N–H and O–H groups in total. The lowest BCUT2D eigenvalue weighted by Crippen LogP contribution is -2.14. The van der Waals surface area contributed by atoms with Crippen LogP contribution in [0, 0.1) is 5.92 Å². The second kappa shape index (κ2) is 5.88. The molecule has 0 bridgehead atoms. The summed E-state index contributed by atoms with van der Waals surface area (Å²) < 4.78 is 0. The van der Waals surface area contributed by atoms with Gasteiger partial charge in [-0.15, -0.1) is 0 Å². The molecule has 2 aliphatic rings. The number of rotatable bonds is 3. The van der Waals surface area contributed by atoms with Crippen LogP contribution in [0.1, 0.15) is 26.3 Å². The van der Waals surface area contributed by atoms with E-state index in [-0.39, 0.29) is 0 Å². The number of nitrogens with one attached hydrogen (secondary N) is 2. The zero-order valence-corrected chi connectivity index (χ0v) is 13.9. The fraction of sp³-hybridized carbons (Fsp3) is 0.263. The van der Waals surface area contributed by atoms with Crippen molar-refractivity contribution < 1.29 is 0 Å². The van der Waals surface area contributed by atoms with E-state index in [0.29, 0.717) is 11.9 Å². The standard InChI is InChI=1S/C19H22N4/c1-6-16-12(4)7-14(11(2)3)9-17(16)22-19-20-10-15-8-13(5)21-18(15)23-19/h6-7,9-10,12H,2,5,8H2,1,3-4H3,(H2,20,21,22,23)/b16-6+. The fourth-order valence-corrected chi connectivity index (χ4v) is 2.95. The van der Waals surface area contributed by atoms with Gasteiger partial charge in [0, 0.05) is 35.5 Å². The summed E-state index contributed by atoms with van der Waals surface area (Å²) >= 11 is 0. The lowest BCUT2D eigenvalue weighted by atomic mass is 9.87. The minimum Gasteiger partial charge on any atom is -0.344 e. The third-order valence-electron chi connectivity index (χ3n) is 4.14. The molecule has 1 atom stereocenters. The number of hydrogen-bond donors (Lipinski definition) is 2. The van der Waals surface area contributed by atoms with Crippen molar-refractivity contribution in [3.05, 3.63) is 71.3 Å². The average molecular weight is 306 g/mol. The second-order valence-electron chi connectivity index (χ2n) is 6.09. The predicted octanol–water partition coefficient (Wildman–Crippen LogP) is 4.35. The van der Waals surface area contributed by atoms with Crippen molar-refractivity contribution in [2.24, 2.45) is 5.92 Å². The Morgan fingerprint density at radius 2 is 2.26 bits per heavy atom. The van der Waals surface area contributed by atoms with Gasteiger partial charge in [-0.2, -0.15) is 4.98 Å². The molecule has 1 aliphatic carbocycles. The molecule has 1 aromatic heterocycles. The maximum absolute atomic E-state index is 4.56. The molecule has 23 heavy (non-hydrogen) atoms. The Morgan fingerprint density at radius 1 is 1.48 bits per heavy atom. The molecule has 1 aromatic rings. The summed E-state index contributed by atoms with van der Waals surface area (Å²) in [6.07, 6.45) is 9.12. The molecule has 1 unspecified atom stereocenters. The quantitative estimate of drug-likeness (QED) is 0.871. The summed E-state index contributed by atoms with van der Waals surface area (Å²) in [4.78, 5) is 8.99. The third-order valence-corrected chi connectivity index (χ3v) is 4.14. The van der Waals surface area contributed by atoms with Crippen molar-refractivity contribution in [3.8, 4) is 0 Å². The number of hydrogen-bond acceptors (Lipinski definition) is 4. The first-order valence-corrected chi connectivity index (χ1v) is 7.81. The van der Waals surface area contributed by atoms with Crippen molar-refractivity contribution in [1.82, 2.24) is 9.97 Å². The maximum atomic E-state index is 4.56. The topological polar surface area (TPSA) is 49.8 Å². The highest BCUT2D eigenvalue weighted by atomic mass is 15.2. The SMILES string of the molecule is C=C1Cc2cnc(NC3=CC(C(=C)C)=CC(C)/C3=C\C)nc2N1. The molecule has 0 spiro atoms. The van der Waals surface area contributed by atoms with Crippen LogP contribution >= 0.6 is 0 Å². The molecule has 1 aliphatic heterocycles. The Balaban J connectivity index is 1.91. The van der Waals surface area contributed by atoms with Crippen molar-refractivity contribution in [1.29, 1.82) is 0 Å². The highest BCUT2D eigenvalue weighted by Crippen LogP contribution is 2.32. The van der Waals surface area contributed by atoms with Crippen LogP contribution in [0.2, 0.25) is 0 Å². The smallest absolute Gasteiger partial charge is 0.229 e. The van der Waals surface area contributed by atoms with Crippen LogP contribution in [0.4, 0.5) is 11.8 Å². The number of nitrogens with zero attached hydrogens (tertiary/aromatic N) is 2. The predicted molar refractivity (Wildman–Crippen MR) is 96.0 cm³/mol. The van der Waals surface area contributed by atoms with Crippen LogP contribution in [0.3, 0.4) is 0 Å². The summed E-state index contributed by atoms with van der Waals surface area (Å²) in [7, 11) is 0. The molecular formula is C19H22N4. The first-order chi connectivity index (χ1) is 11.0. The van der Waals surface area contributed by atoms with Gasteiger partial charge in [0.05, 0.1) is 0 Å². The molecule has 0 saturated carbocycles. The number of fused-ring (bicyclic) bond motifs is 1. The van der Waals surface area contributed by atoms with Crippen molar-refractivity contribution >= 4 is 11.8 Å². The summed E-state index contributed by atoms with van der Waals surface area (Å²) in [5, 5.41) is 6.55. The zero-order valence-electron chi connectivity index (χ0n) is 13.9. The molecule has 0 aromatic carbocycles. The Hall–Kier alpha value is -2.62. The number of allylic oxidation sites excluding steroid dienone is 7. The molecule has 0 fully saturated rings. The minimum atomic E-state index is 0.325. The van der Waals surface area contributed by atoms with Gasteiger partial charge in [-0.1, -0.05) is 37.8 Å². The lowest BCUT2D eigenvalue weighted by molar-refractivity contribution is 0.849. The van der Waals surface area contributed by atoms with Crippen LogP contribution in [0.5, 0.6) is 0 Å². The van der Waals surface area contributed by atoms with Crippen LogP contribution in [0.25, 0.3) is 0 Å². The molecule has 0 amide bonds. The molecule has 0 saturated heterocycles. The first kappa shape index (κ1) is 15.3. The van der Waals surface area contributed by atoms with E-state index in [1.165, 1.54) is 5.57 Å². The van der Waals surface area contributed by atoms with Crippen LogP contribution in [0.15, 0.2) is 65.7 Å². The van der Waals surface area contributed by atoms with E-state index in [9.17, 15) is 0 Å². The van der Waals surface area contributed by atoms with E-state index in [2.05, 4.69) is 65.8 Å². The fourth-order valence-electron chi connectivity index (χ4n) is 2.95. The van der Waals surface area contributed by atoms with E-state index < -0.39 is 0 Å². The average Bonchev–Trinajstić information content (AvgIpc) is 2.86. The molecule has 118 valence electrons. The van der Waals surface area contributed by atoms with Crippen molar-refractivity contribution in [3.63, 3.8) is 0 Å². The van der Waals surface area contributed by atoms with Gasteiger partial charge in [-0.25, -0.2) is 4.98 Å². The van der Waals surface area contributed by atoms with E-state index in [4.69, 9.17) is 0 Å². The Labute approximate surface area is 137 Å². The van der Waals surface area contributed by atoms with E-state index >= 15 is 0 Å². The lowest BCUT2D eigenvalue weighted by Gasteiger charge is -2.23. The van der Waals surface area contributed by atoms with E-state index in [1.807, 2.05) is 13.1 Å². The molecule has 2 heterocycles. The van der Waals surface area contributed by atoms with Gasteiger partial charge in [0.15, 0.2) is 0 Å². The summed E-state index contributed by atoms with van der Waals surface area (Å²) in [6.45, 7) is 14.2. The minimum absolute atomic E-state index is 0.325. The maximum Gasteiger partial charge on any atom is 0.229 e. The number of aromatic nitrogens is 2. The summed E-state index contributed by atoms with van der Waals surface area (Å²) in [6, 6.07) is 0. The van der Waals surface area contributed by atoms with Crippen LogP contribution < -0.4 is 10.6 Å². The third kappa shape index (κ3) is 2.97. The Kier molecular flexibility index (Phi) is 3.90. The molecule has 4 heteroatoms. The molecule has 0 radical (unpaired) electrons. The van der Waals surface area contributed by atoms with Gasteiger partial charge in [-0.3, -0.25) is 0 Å². The zero-order chi connectivity index (χ0) is 16.6. The first-order valence-electron chi connectivity index (χ1n) is 7.81. The molecule has 3 rings (SSSR count). The van der Waals surface area contributed by atoms with Crippen molar-refractivity contribution in [2.45, 2.75) is 27.2 Å². The highest BCUT2D eigenvalue weighted by molar-refractivity contribution is 5.61. The van der Waals surface area contributed by atoms with Crippen LogP contribution in [-0.2, 0) is 6.42 Å². The number of anilines is 2. The van der Waals surface area contributed by atoms with E-state index in [1.54, 1.807) is 0 Å². The van der Waals surface area contributed by atoms with Crippen LogP contribution in [-0.4, -0.2) is 9.97 Å². The van der Waals surface area contributed by atoms with Gasteiger partial charge in [0.2, 0.25) is 5.95 Å². The normalized spacial score (nSPS) is 21.4. The van der Waals surface area contributed by atoms with Crippen molar-refractivity contribution in [2.75, 3.05) is 10.6 Å². The van der Waals surface area contributed by atoms with Gasteiger partial charge >= 0.3 is 0 Å². The van der Waals surface area contributed by atoms with E-state index in [0.717, 1.165) is 40.3 Å². The second-order valence-corrected chi connectivity index (χ2v) is 6.09. The van der Waals surface area contributed by atoms with Gasteiger partial charge in [0.1, 0.15) is 5.82 Å². The van der Waals surface area contributed by atoms with Gasteiger partial charge in [-0.05, 0) is 31.1 Å². The Morgan fingerprint density at radius 3 is 2.96 bits per heavy atom. The molecular weight excluding hydrogens is 284 g/mol. The van der Waals surface area contributed by atoms with Gasteiger partial charge < -0.3 is 10.6 Å². The highest BCUT2D eigenvalue weighted by Gasteiger charge is 2.20. The summed E-state index contributed by atoms with van der Waals surface area (Å²) in [5.74, 6) is 1.76. The summed E-state index contributed by atoms with van der Waals surface area (Å²) in [5.41, 5.74) is 6.50. The largest absolute Gasteiger partial charge is 0.344 e.